The molecule has 0 bridgehead atoms. The molecule has 0 fully saturated rings. The van der Waals surface area contributed by atoms with Gasteiger partial charge in [-0.25, -0.2) is 4.79 Å². The third kappa shape index (κ3) is 4.38. The van der Waals surface area contributed by atoms with Crippen LogP contribution >= 0.6 is 23.1 Å². The van der Waals surface area contributed by atoms with Crippen molar-refractivity contribution < 1.29 is 9.90 Å². The third-order valence-electron chi connectivity index (χ3n) is 1.72. The number of nitrogen functional groups attached to an aromatic ring is 1. The van der Waals surface area contributed by atoms with Gasteiger partial charge >= 0.3 is 5.97 Å². The van der Waals surface area contributed by atoms with Crippen LogP contribution in [0.15, 0.2) is 24.3 Å². The number of hydrogen-bond acceptors (Lipinski definition) is 5. The summed E-state index contributed by atoms with van der Waals surface area (Å²) in [5.74, 6) is -0.956. The Morgan fingerprint density at radius 1 is 1.41 bits per heavy atom. The molecule has 0 aliphatic carbocycles. The van der Waals surface area contributed by atoms with Crippen LogP contribution in [0.5, 0.6) is 0 Å². The number of rotatable bonds is 1. The molecule has 0 amide bonds. The molecule has 1 aromatic carbocycles. The predicted molar refractivity (Wildman–Crippen MR) is 67.5 cm³/mol. The number of nitrogens with two attached hydrogens (primary N) is 1. The molecule has 1 heterocycles. The minimum atomic E-state index is -0.956. The van der Waals surface area contributed by atoms with Crippen molar-refractivity contribution in [1.82, 2.24) is 9.59 Å². The van der Waals surface area contributed by atoms with Crippen LogP contribution < -0.4 is 5.73 Å². The smallest absolute Gasteiger partial charge is 0.349 e. The van der Waals surface area contributed by atoms with Gasteiger partial charge in [-0.2, -0.15) is 0 Å². The standard InChI is InChI=1S/C6H6ClN.C4H4N2O2S/c7-5-1-3-6(8)4-2-5;1-2-3(4(7)8)9-6-5-2/h1-4H,8H2;1H3,(H,7,8). The average Bonchev–Trinajstić information content (AvgIpc) is 2.70. The number of carbonyl (C=O) groups is 1. The van der Waals surface area contributed by atoms with Gasteiger partial charge in [0.1, 0.15) is 0 Å². The molecular weight excluding hydrogens is 262 g/mol. The molecule has 7 heteroatoms. The summed E-state index contributed by atoms with van der Waals surface area (Å²) in [7, 11) is 0. The minimum Gasteiger partial charge on any atom is -0.477 e. The molecule has 0 atom stereocenters. The first kappa shape index (κ1) is 13.4. The van der Waals surface area contributed by atoms with Crippen molar-refractivity contribution in [3.05, 3.63) is 39.9 Å². The Bertz CT molecular complexity index is 478. The predicted octanol–water partition coefficient (Wildman–Crippen LogP) is 2.47. The van der Waals surface area contributed by atoms with Crippen LogP contribution in [0.4, 0.5) is 5.69 Å². The van der Waals surface area contributed by atoms with Crippen molar-refractivity contribution in [2.45, 2.75) is 6.92 Å². The van der Waals surface area contributed by atoms with Crippen molar-refractivity contribution in [3.63, 3.8) is 0 Å². The first-order valence-electron chi connectivity index (χ1n) is 4.54. The van der Waals surface area contributed by atoms with Crippen LogP contribution in [-0.4, -0.2) is 20.7 Å². The number of anilines is 1. The number of nitrogens with zero attached hydrogens (tertiary/aromatic N) is 2. The molecule has 0 saturated heterocycles. The Kier molecular flexibility index (Phi) is 4.86. The molecule has 3 N–H and O–H groups in total. The van der Waals surface area contributed by atoms with Gasteiger partial charge in [-0.3, -0.25) is 0 Å². The summed E-state index contributed by atoms with van der Waals surface area (Å²) in [6.45, 7) is 1.62. The molecule has 0 spiro atoms. The van der Waals surface area contributed by atoms with E-state index in [-0.39, 0.29) is 4.88 Å². The molecule has 0 radical (unpaired) electrons. The van der Waals surface area contributed by atoms with E-state index in [0.717, 1.165) is 22.2 Å². The molecule has 5 nitrogen and oxygen atoms in total. The first-order valence-corrected chi connectivity index (χ1v) is 5.69. The average molecular weight is 272 g/mol. The molecule has 17 heavy (non-hydrogen) atoms. The van der Waals surface area contributed by atoms with Crippen molar-refractivity contribution >= 4 is 34.8 Å². The molecule has 0 aliphatic rings. The lowest BCUT2D eigenvalue weighted by Gasteiger charge is -1.88. The van der Waals surface area contributed by atoms with Gasteiger partial charge in [0.2, 0.25) is 0 Å². The van der Waals surface area contributed by atoms with Crippen LogP contribution in [0.25, 0.3) is 0 Å². The van der Waals surface area contributed by atoms with Crippen molar-refractivity contribution in [2.75, 3.05) is 5.73 Å². The number of carboxylic acids is 1. The normalized spacial score (nSPS) is 9.29. The molecule has 2 rings (SSSR count). The van der Waals surface area contributed by atoms with E-state index in [4.69, 9.17) is 22.4 Å². The molecule has 90 valence electrons. The van der Waals surface area contributed by atoms with Crippen molar-refractivity contribution in [1.29, 1.82) is 0 Å². The molecular formula is C10H10ClN3O2S. The van der Waals surface area contributed by atoms with Gasteiger partial charge in [0.15, 0.2) is 4.88 Å². The van der Waals surface area contributed by atoms with E-state index in [9.17, 15) is 4.79 Å². The van der Waals surface area contributed by atoms with Crippen molar-refractivity contribution in [3.8, 4) is 0 Å². The Labute approximate surface area is 107 Å². The molecule has 0 saturated carbocycles. The molecule has 2 aromatic rings. The Hall–Kier alpha value is -1.66. The summed E-state index contributed by atoms with van der Waals surface area (Å²) >= 11 is 6.45. The number of carboxylic acid groups (broad SMARTS) is 1. The fourth-order valence-electron chi connectivity index (χ4n) is 0.891. The molecule has 1 aromatic heterocycles. The van der Waals surface area contributed by atoms with E-state index in [1.165, 1.54) is 0 Å². The van der Waals surface area contributed by atoms with Gasteiger partial charge in [-0.1, -0.05) is 16.1 Å². The van der Waals surface area contributed by atoms with Crippen LogP contribution in [0, 0.1) is 6.92 Å². The number of aromatic carboxylic acids is 1. The van der Waals surface area contributed by atoms with Gasteiger partial charge in [-0.15, -0.1) is 5.10 Å². The minimum absolute atomic E-state index is 0.218. The number of benzene rings is 1. The lowest BCUT2D eigenvalue weighted by atomic mass is 10.3. The largest absolute Gasteiger partial charge is 0.477 e. The van der Waals surface area contributed by atoms with Crippen LogP contribution in [0.2, 0.25) is 5.02 Å². The van der Waals surface area contributed by atoms with E-state index in [1.807, 2.05) is 0 Å². The monoisotopic (exact) mass is 271 g/mol. The number of aromatic nitrogens is 2. The van der Waals surface area contributed by atoms with E-state index < -0.39 is 5.97 Å². The highest BCUT2D eigenvalue weighted by Crippen LogP contribution is 2.09. The summed E-state index contributed by atoms with van der Waals surface area (Å²) in [4.78, 5) is 10.4. The highest BCUT2D eigenvalue weighted by molar-refractivity contribution is 7.07. The lowest BCUT2D eigenvalue weighted by molar-refractivity contribution is 0.0701. The van der Waals surface area contributed by atoms with E-state index >= 15 is 0 Å². The number of hydrogen-bond donors (Lipinski definition) is 2. The zero-order valence-corrected chi connectivity index (χ0v) is 10.5. The van der Waals surface area contributed by atoms with Crippen molar-refractivity contribution in [2.24, 2.45) is 0 Å². The molecule has 0 aliphatic heterocycles. The molecule has 0 unspecified atom stereocenters. The van der Waals surface area contributed by atoms with Crippen LogP contribution in [0.3, 0.4) is 0 Å². The number of halogens is 1. The Morgan fingerprint density at radius 2 is 2.00 bits per heavy atom. The lowest BCUT2D eigenvalue weighted by Crippen LogP contribution is -1.94. The summed E-state index contributed by atoms with van der Waals surface area (Å²) in [6, 6.07) is 7.05. The summed E-state index contributed by atoms with van der Waals surface area (Å²) < 4.78 is 3.45. The maximum atomic E-state index is 10.2. The van der Waals surface area contributed by atoms with Gasteiger partial charge in [-0.05, 0) is 42.7 Å². The Morgan fingerprint density at radius 3 is 2.29 bits per heavy atom. The second-order valence-corrected chi connectivity index (χ2v) is 4.23. The fraction of sp³-hybridized carbons (Fsp3) is 0.100. The SMILES string of the molecule is Cc1nnsc1C(=O)O.Nc1ccc(Cl)cc1. The number of aryl methyl sites for hydroxylation is 1. The van der Waals surface area contributed by atoms with Gasteiger partial charge in [0.25, 0.3) is 0 Å². The third-order valence-corrected chi connectivity index (χ3v) is 2.78. The highest BCUT2D eigenvalue weighted by Gasteiger charge is 2.09. The zero-order chi connectivity index (χ0) is 12.8. The maximum absolute atomic E-state index is 10.2. The van der Waals surface area contributed by atoms with Gasteiger partial charge < -0.3 is 10.8 Å². The zero-order valence-electron chi connectivity index (χ0n) is 8.92. The summed E-state index contributed by atoms with van der Waals surface area (Å²) in [5, 5.41) is 12.6. The summed E-state index contributed by atoms with van der Waals surface area (Å²) in [6.07, 6.45) is 0. The quantitative estimate of drug-likeness (QED) is 0.778. The van der Waals surface area contributed by atoms with Crippen LogP contribution in [0.1, 0.15) is 15.4 Å². The summed E-state index contributed by atoms with van der Waals surface area (Å²) in [5.41, 5.74) is 6.59. The van der Waals surface area contributed by atoms with E-state index in [2.05, 4.69) is 9.59 Å². The van der Waals surface area contributed by atoms with Gasteiger partial charge in [0, 0.05) is 10.7 Å². The second kappa shape index (κ2) is 6.17. The fourth-order valence-corrected chi connectivity index (χ4v) is 1.51. The Balaban J connectivity index is 0.000000171. The van der Waals surface area contributed by atoms with Gasteiger partial charge in [0.05, 0.1) is 5.69 Å². The second-order valence-electron chi connectivity index (χ2n) is 3.04. The maximum Gasteiger partial charge on any atom is 0.349 e. The topological polar surface area (TPSA) is 89.1 Å². The highest BCUT2D eigenvalue weighted by atomic mass is 35.5. The first-order chi connectivity index (χ1) is 8.00. The van der Waals surface area contributed by atoms with E-state index in [1.54, 1.807) is 31.2 Å². The van der Waals surface area contributed by atoms with Crippen LogP contribution in [-0.2, 0) is 0 Å². The van der Waals surface area contributed by atoms with E-state index in [0.29, 0.717) is 5.69 Å².